The summed E-state index contributed by atoms with van der Waals surface area (Å²) < 4.78 is 4.83. The summed E-state index contributed by atoms with van der Waals surface area (Å²) in [7, 11) is 1.47. The molecule has 2 N–H and O–H groups in total. The molecule has 0 aromatic rings. The average molecular weight is 242 g/mol. The minimum Gasteiger partial charge on any atom is -0.468 e. The van der Waals surface area contributed by atoms with E-state index in [0.29, 0.717) is 6.54 Å². The van der Waals surface area contributed by atoms with Crippen LogP contribution in [0.1, 0.15) is 39.5 Å². The number of rotatable bonds is 6. The predicted octanol–water partition coefficient (Wildman–Crippen LogP) is 1.39. The first-order chi connectivity index (χ1) is 8.00. The van der Waals surface area contributed by atoms with Crippen molar-refractivity contribution < 1.29 is 9.53 Å². The predicted molar refractivity (Wildman–Crippen MR) is 68.7 cm³/mol. The van der Waals surface area contributed by atoms with Crippen molar-refractivity contribution in [3.05, 3.63) is 0 Å². The summed E-state index contributed by atoms with van der Waals surface area (Å²) in [5.74, 6) is -0.0828. The second-order valence-corrected chi connectivity index (χ2v) is 5.69. The molecule has 1 rings (SSSR count). The van der Waals surface area contributed by atoms with E-state index < -0.39 is 0 Å². The van der Waals surface area contributed by atoms with Gasteiger partial charge in [-0.25, -0.2) is 0 Å². The maximum absolute atomic E-state index is 11.6. The molecule has 100 valence electrons. The maximum Gasteiger partial charge on any atom is 0.323 e. The molecule has 4 nitrogen and oxygen atoms in total. The Hall–Kier alpha value is -0.610. The summed E-state index contributed by atoms with van der Waals surface area (Å²) in [5, 5.41) is 0. The highest BCUT2D eigenvalue weighted by Gasteiger charge is 2.31. The maximum atomic E-state index is 11.6. The molecule has 1 aliphatic heterocycles. The van der Waals surface area contributed by atoms with Gasteiger partial charge in [0.25, 0.3) is 0 Å². The van der Waals surface area contributed by atoms with E-state index in [0.717, 1.165) is 38.8 Å². The van der Waals surface area contributed by atoms with Gasteiger partial charge in [0.15, 0.2) is 0 Å². The fourth-order valence-corrected chi connectivity index (χ4v) is 2.36. The first-order valence-corrected chi connectivity index (χ1v) is 6.52. The number of likely N-dealkylation sites (tertiary alicyclic amines) is 1. The Morgan fingerprint density at radius 2 is 2.24 bits per heavy atom. The van der Waals surface area contributed by atoms with E-state index in [4.69, 9.17) is 10.5 Å². The molecule has 1 heterocycles. The van der Waals surface area contributed by atoms with Gasteiger partial charge in [-0.3, -0.25) is 9.69 Å². The van der Waals surface area contributed by atoms with E-state index >= 15 is 0 Å². The monoisotopic (exact) mass is 242 g/mol. The van der Waals surface area contributed by atoms with Crippen LogP contribution < -0.4 is 5.73 Å². The van der Waals surface area contributed by atoms with Crippen LogP contribution >= 0.6 is 0 Å². The molecule has 1 unspecified atom stereocenters. The Kier molecular flexibility index (Phi) is 5.40. The topological polar surface area (TPSA) is 55.6 Å². The van der Waals surface area contributed by atoms with Crippen LogP contribution in [0.3, 0.4) is 0 Å². The number of nitrogens with two attached hydrogens (primary N) is 1. The summed E-state index contributed by atoms with van der Waals surface area (Å²) in [6.45, 7) is 7.09. The third-order valence-corrected chi connectivity index (χ3v) is 3.69. The molecule has 1 fully saturated rings. The van der Waals surface area contributed by atoms with E-state index in [1.807, 2.05) is 0 Å². The molecular formula is C13H26N2O2. The van der Waals surface area contributed by atoms with Crippen LogP contribution in [0.4, 0.5) is 0 Å². The van der Waals surface area contributed by atoms with Crippen molar-refractivity contribution in [1.82, 2.24) is 4.90 Å². The number of hydrogen-bond acceptors (Lipinski definition) is 4. The number of methoxy groups -OCH3 is 1. The molecule has 0 aliphatic carbocycles. The van der Waals surface area contributed by atoms with E-state index in [-0.39, 0.29) is 17.4 Å². The van der Waals surface area contributed by atoms with Crippen molar-refractivity contribution in [2.24, 2.45) is 11.1 Å². The van der Waals surface area contributed by atoms with Crippen LogP contribution in [0.15, 0.2) is 0 Å². The first kappa shape index (κ1) is 14.5. The van der Waals surface area contributed by atoms with Crippen LogP contribution in [0.25, 0.3) is 0 Å². The molecule has 17 heavy (non-hydrogen) atoms. The number of esters is 1. The zero-order valence-electron chi connectivity index (χ0n) is 11.4. The van der Waals surface area contributed by atoms with Crippen molar-refractivity contribution in [3.63, 3.8) is 0 Å². The average Bonchev–Trinajstić information content (AvgIpc) is 2.76. The van der Waals surface area contributed by atoms with Gasteiger partial charge in [0.05, 0.1) is 7.11 Å². The highest BCUT2D eigenvalue weighted by atomic mass is 16.5. The lowest BCUT2D eigenvalue weighted by Gasteiger charge is -2.26. The van der Waals surface area contributed by atoms with Crippen molar-refractivity contribution in [3.8, 4) is 0 Å². The second-order valence-electron chi connectivity index (χ2n) is 5.69. The summed E-state index contributed by atoms with van der Waals surface area (Å²) in [6.07, 6.45) is 4.23. The molecule has 1 aliphatic rings. The first-order valence-electron chi connectivity index (χ1n) is 6.52. The van der Waals surface area contributed by atoms with E-state index in [1.165, 1.54) is 7.11 Å². The highest BCUT2D eigenvalue weighted by molar-refractivity contribution is 5.75. The number of nitrogens with zero attached hydrogens (tertiary/aromatic N) is 1. The minimum absolute atomic E-state index is 0.0130. The Morgan fingerprint density at radius 3 is 2.82 bits per heavy atom. The Balaban J connectivity index is 2.33. The molecule has 1 saturated heterocycles. The Labute approximate surface area is 104 Å². The van der Waals surface area contributed by atoms with Gasteiger partial charge in [0.2, 0.25) is 0 Å². The second kappa shape index (κ2) is 6.36. The van der Waals surface area contributed by atoms with Crippen LogP contribution in [0.2, 0.25) is 0 Å². The van der Waals surface area contributed by atoms with Crippen LogP contribution in [-0.2, 0) is 9.53 Å². The quantitative estimate of drug-likeness (QED) is 0.715. The smallest absolute Gasteiger partial charge is 0.323 e. The number of hydrogen-bond donors (Lipinski definition) is 1. The third-order valence-electron chi connectivity index (χ3n) is 3.69. The fourth-order valence-electron chi connectivity index (χ4n) is 2.36. The zero-order valence-corrected chi connectivity index (χ0v) is 11.4. The molecule has 4 heteroatoms. The van der Waals surface area contributed by atoms with Gasteiger partial charge in [0, 0.05) is 0 Å². The minimum atomic E-state index is -0.0828. The number of carbonyl (C=O) groups is 1. The lowest BCUT2D eigenvalue weighted by Crippen LogP contribution is -2.38. The number of ether oxygens (including phenoxy) is 1. The van der Waals surface area contributed by atoms with Crippen LogP contribution in [0.5, 0.6) is 0 Å². The van der Waals surface area contributed by atoms with Gasteiger partial charge >= 0.3 is 5.97 Å². The summed E-state index contributed by atoms with van der Waals surface area (Å²) in [6, 6.07) is -0.0130. The van der Waals surface area contributed by atoms with E-state index in [1.54, 1.807) is 0 Å². The standard InChI is InChI=1S/C13H26N2O2/c1-13(2,10-14)7-5-9-15-8-4-6-11(15)12(16)17-3/h11H,4-10,14H2,1-3H3. The molecule has 0 radical (unpaired) electrons. The van der Waals surface area contributed by atoms with Crippen molar-refractivity contribution in [2.45, 2.75) is 45.6 Å². The van der Waals surface area contributed by atoms with Gasteiger partial charge in [-0.05, 0) is 50.7 Å². The Morgan fingerprint density at radius 1 is 1.53 bits per heavy atom. The zero-order chi connectivity index (χ0) is 12.9. The van der Waals surface area contributed by atoms with Crippen molar-refractivity contribution >= 4 is 5.97 Å². The molecule has 0 aromatic heterocycles. The van der Waals surface area contributed by atoms with E-state index in [9.17, 15) is 4.79 Å². The molecule has 1 atom stereocenters. The SMILES string of the molecule is COC(=O)C1CCCN1CCCC(C)(C)CN. The van der Waals surface area contributed by atoms with Gasteiger partial charge in [-0.15, -0.1) is 0 Å². The molecule has 0 bridgehead atoms. The van der Waals surface area contributed by atoms with Crippen LogP contribution in [0, 0.1) is 5.41 Å². The van der Waals surface area contributed by atoms with Gasteiger partial charge in [-0.2, -0.15) is 0 Å². The van der Waals surface area contributed by atoms with E-state index in [2.05, 4.69) is 18.7 Å². The fraction of sp³-hybridized carbons (Fsp3) is 0.923. The third kappa shape index (κ3) is 4.28. The van der Waals surface area contributed by atoms with Gasteiger partial charge in [-0.1, -0.05) is 13.8 Å². The van der Waals surface area contributed by atoms with Crippen LogP contribution in [-0.4, -0.2) is 43.7 Å². The van der Waals surface area contributed by atoms with Crippen molar-refractivity contribution in [2.75, 3.05) is 26.7 Å². The number of carbonyl (C=O) groups excluding carboxylic acids is 1. The molecule has 0 saturated carbocycles. The normalized spacial score (nSPS) is 21.8. The molecule has 0 spiro atoms. The summed E-state index contributed by atoms with van der Waals surface area (Å²) in [4.78, 5) is 13.8. The largest absolute Gasteiger partial charge is 0.468 e. The summed E-state index contributed by atoms with van der Waals surface area (Å²) >= 11 is 0. The van der Waals surface area contributed by atoms with Gasteiger partial charge < -0.3 is 10.5 Å². The summed E-state index contributed by atoms with van der Waals surface area (Å²) in [5.41, 5.74) is 5.92. The molecule has 0 aromatic carbocycles. The highest BCUT2D eigenvalue weighted by Crippen LogP contribution is 2.23. The van der Waals surface area contributed by atoms with Gasteiger partial charge in [0.1, 0.15) is 6.04 Å². The lowest BCUT2D eigenvalue weighted by atomic mass is 9.88. The lowest BCUT2D eigenvalue weighted by molar-refractivity contribution is -0.145. The Bertz CT molecular complexity index is 254. The van der Waals surface area contributed by atoms with Crippen molar-refractivity contribution in [1.29, 1.82) is 0 Å². The molecular weight excluding hydrogens is 216 g/mol. The molecule has 0 amide bonds.